The number of hydrogen-bond donors (Lipinski definition) is 2. The van der Waals surface area contributed by atoms with Crippen molar-refractivity contribution in [2.75, 3.05) is 11.9 Å². The minimum atomic E-state index is -0.782. The fraction of sp³-hybridized carbons (Fsp3) is 0.692. The average molecular weight is 288 g/mol. The van der Waals surface area contributed by atoms with Crippen LogP contribution in [0.1, 0.15) is 39.0 Å². The first-order valence-corrected chi connectivity index (χ1v) is 7.04. The van der Waals surface area contributed by atoms with Crippen molar-refractivity contribution < 1.29 is 9.50 Å². The Morgan fingerprint density at radius 2 is 2.21 bits per heavy atom. The molecule has 0 radical (unpaired) electrons. The molecule has 0 spiro atoms. The van der Waals surface area contributed by atoms with Gasteiger partial charge < -0.3 is 10.4 Å². The van der Waals surface area contributed by atoms with E-state index in [-0.39, 0.29) is 17.6 Å². The van der Waals surface area contributed by atoms with Crippen molar-refractivity contribution in [3.63, 3.8) is 0 Å². The number of nitrogens with zero attached hydrogens (tertiary/aromatic N) is 2. The molecule has 1 heterocycles. The van der Waals surface area contributed by atoms with Crippen LogP contribution in [0.5, 0.6) is 0 Å². The summed E-state index contributed by atoms with van der Waals surface area (Å²) in [5, 5.41) is 13.3. The minimum Gasteiger partial charge on any atom is -0.388 e. The van der Waals surface area contributed by atoms with E-state index in [4.69, 9.17) is 11.6 Å². The average Bonchev–Trinajstić information content (AvgIpc) is 2.41. The molecule has 0 aliphatic heterocycles. The molecule has 1 aromatic heterocycles. The van der Waals surface area contributed by atoms with Crippen LogP contribution < -0.4 is 5.32 Å². The van der Waals surface area contributed by atoms with Gasteiger partial charge in [0, 0.05) is 6.54 Å². The molecule has 1 aliphatic carbocycles. The standard InChI is InChI=1S/C13H19ClFN3O/c1-2-9-3-5-13(19,6-4-9)8-17-11-10(15)7-16-12(14)18-11/h7,9,19H,2-6,8H2,1H3,(H,16,17,18). The molecule has 0 amide bonds. The highest BCUT2D eigenvalue weighted by atomic mass is 35.5. The predicted molar refractivity (Wildman–Crippen MR) is 72.7 cm³/mol. The van der Waals surface area contributed by atoms with Gasteiger partial charge in [-0.2, -0.15) is 4.98 Å². The second-order valence-corrected chi connectivity index (χ2v) is 5.60. The third-order valence-corrected chi connectivity index (χ3v) is 4.09. The lowest BCUT2D eigenvalue weighted by atomic mass is 9.78. The van der Waals surface area contributed by atoms with Crippen molar-refractivity contribution in [3.05, 3.63) is 17.3 Å². The summed E-state index contributed by atoms with van der Waals surface area (Å²) in [5.74, 6) is 0.187. The highest BCUT2D eigenvalue weighted by Gasteiger charge is 2.32. The number of aromatic nitrogens is 2. The van der Waals surface area contributed by atoms with Crippen molar-refractivity contribution in [2.24, 2.45) is 5.92 Å². The number of nitrogens with one attached hydrogen (secondary N) is 1. The van der Waals surface area contributed by atoms with Crippen LogP contribution in [0.25, 0.3) is 0 Å². The summed E-state index contributed by atoms with van der Waals surface area (Å²) < 4.78 is 13.4. The van der Waals surface area contributed by atoms with Crippen LogP contribution in [0.3, 0.4) is 0 Å². The summed E-state index contributed by atoms with van der Waals surface area (Å²) in [6.07, 6.45) is 5.68. The molecule has 1 saturated carbocycles. The van der Waals surface area contributed by atoms with Gasteiger partial charge in [-0.3, -0.25) is 0 Å². The third kappa shape index (κ3) is 3.76. The molecule has 0 bridgehead atoms. The largest absolute Gasteiger partial charge is 0.388 e. The summed E-state index contributed by atoms with van der Waals surface area (Å²) in [6.45, 7) is 2.46. The molecular weight excluding hydrogens is 269 g/mol. The van der Waals surface area contributed by atoms with Gasteiger partial charge in [-0.25, -0.2) is 9.37 Å². The maximum atomic E-state index is 13.4. The van der Waals surface area contributed by atoms with Crippen molar-refractivity contribution in [1.29, 1.82) is 0 Å². The van der Waals surface area contributed by atoms with E-state index in [0.717, 1.165) is 38.3 Å². The first-order valence-electron chi connectivity index (χ1n) is 6.67. The number of rotatable bonds is 4. The van der Waals surface area contributed by atoms with Gasteiger partial charge in [-0.1, -0.05) is 13.3 Å². The van der Waals surface area contributed by atoms with Gasteiger partial charge in [0.2, 0.25) is 5.28 Å². The molecule has 1 fully saturated rings. The van der Waals surface area contributed by atoms with Gasteiger partial charge in [0.15, 0.2) is 11.6 Å². The molecule has 106 valence electrons. The van der Waals surface area contributed by atoms with Gasteiger partial charge in [-0.15, -0.1) is 0 Å². The lowest BCUT2D eigenvalue weighted by molar-refractivity contribution is 0.00218. The monoisotopic (exact) mass is 287 g/mol. The van der Waals surface area contributed by atoms with Gasteiger partial charge in [0.1, 0.15) is 0 Å². The highest BCUT2D eigenvalue weighted by molar-refractivity contribution is 6.28. The Labute approximate surface area is 117 Å². The predicted octanol–water partition coefficient (Wildman–Crippen LogP) is 3.01. The van der Waals surface area contributed by atoms with E-state index in [1.165, 1.54) is 0 Å². The molecule has 1 aliphatic rings. The number of anilines is 1. The van der Waals surface area contributed by atoms with E-state index < -0.39 is 11.4 Å². The second-order valence-electron chi connectivity index (χ2n) is 5.27. The summed E-state index contributed by atoms with van der Waals surface area (Å²) in [7, 11) is 0. The molecule has 2 N–H and O–H groups in total. The molecule has 6 heteroatoms. The highest BCUT2D eigenvalue weighted by Crippen LogP contribution is 2.33. The summed E-state index contributed by atoms with van der Waals surface area (Å²) >= 11 is 5.62. The first kappa shape index (κ1) is 14.5. The molecule has 4 nitrogen and oxygen atoms in total. The Morgan fingerprint density at radius 1 is 1.53 bits per heavy atom. The Kier molecular flexibility index (Phi) is 4.58. The zero-order chi connectivity index (χ0) is 13.9. The van der Waals surface area contributed by atoms with Crippen molar-refractivity contribution in [2.45, 2.75) is 44.6 Å². The van der Waals surface area contributed by atoms with Crippen LogP contribution in [-0.4, -0.2) is 27.2 Å². The topological polar surface area (TPSA) is 58.0 Å². The van der Waals surface area contributed by atoms with Crippen LogP contribution in [0.2, 0.25) is 5.28 Å². The van der Waals surface area contributed by atoms with Crippen molar-refractivity contribution in [1.82, 2.24) is 9.97 Å². The lowest BCUT2D eigenvalue weighted by Crippen LogP contribution is -2.40. The Hall–Kier alpha value is -0.940. The Balaban J connectivity index is 1.93. The summed E-state index contributed by atoms with van der Waals surface area (Å²) in [5.41, 5.74) is -0.782. The normalized spacial score (nSPS) is 27.3. The van der Waals surface area contributed by atoms with Gasteiger partial charge in [-0.05, 0) is 43.2 Å². The smallest absolute Gasteiger partial charge is 0.224 e. The van der Waals surface area contributed by atoms with Gasteiger partial charge in [0.25, 0.3) is 0 Å². The van der Waals surface area contributed by atoms with Crippen molar-refractivity contribution >= 4 is 17.4 Å². The van der Waals surface area contributed by atoms with E-state index in [2.05, 4.69) is 22.2 Å². The van der Waals surface area contributed by atoms with Crippen LogP contribution in [0.4, 0.5) is 10.2 Å². The fourth-order valence-corrected chi connectivity index (χ4v) is 2.65. The number of hydrogen-bond acceptors (Lipinski definition) is 4. The lowest BCUT2D eigenvalue weighted by Gasteiger charge is -2.36. The van der Waals surface area contributed by atoms with E-state index in [9.17, 15) is 9.50 Å². The maximum absolute atomic E-state index is 13.4. The molecule has 0 saturated heterocycles. The Bertz CT molecular complexity index is 436. The Morgan fingerprint density at radius 3 is 2.84 bits per heavy atom. The maximum Gasteiger partial charge on any atom is 0.224 e. The number of aliphatic hydroxyl groups is 1. The van der Waals surface area contributed by atoms with Crippen molar-refractivity contribution in [3.8, 4) is 0 Å². The van der Waals surface area contributed by atoms with Gasteiger partial charge >= 0.3 is 0 Å². The number of halogens is 2. The molecule has 0 atom stereocenters. The zero-order valence-electron chi connectivity index (χ0n) is 11.0. The SMILES string of the molecule is CCC1CCC(O)(CNc2nc(Cl)ncc2F)CC1. The molecule has 0 aromatic carbocycles. The molecule has 1 aromatic rings. The summed E-state index contributed by atoms with van der Waals surface area (Å²) in [4.78, 5) is 7.33. The zero-order valence-corrected chi connectivity index (χ0v) is 11.8. The van der Waals surface area contributed by atoms with Crippen LogP contribution in [0.15, 0.2) is 6.20 Å². The summed E-state index contributed by atoms with van der Waals surface area (Å²) in [6, 6.07) is 0. The fourth-order valence-electron chi connectivity index (χ4n) is 2.52. The van der Waals surface area contributed by atoms with Crippen LogP contribution in [-0.2, 0) is 0 Å². The van der Waals surface area contributed by atoms with E-state index >= 15 is 0 Å². The third-order valence-electron chi connectivity index (χ3n) is 3.91. The molecule has 2 rings (SSSR count). The van der Waals surface area contributed by atoms with Crippen LogP contribution >= 0.6 is 11.6 Å². The quantitative estimate of drug-likeness (QED) is 0.836. The second kappa shape index (κ2) is 6.01. The van der Waals surface area contributed by atoms with E-state index in [1.54, 1.807) is 0 Å². The van der Waals surface area contributed by atoms with E-state index in [0.29, 0.717) is 5.92 Å². The first-order chi connectivity index (χ1) is 9.02. The van der Waals surface area contributed by atoms with Crippen LogP contribution in [0, 0.1) is 11.7 Å². The van der Waals surface area contributed by atoms with Gasteiger partial charge in [0.05, 0.1) is 11.8 Å². The minimum absolute atomic E-state index is 0.00872. The van der Waals surface area contributed by atoms with E-state index in [1.807, 2.05) is 0 Å². The molecule has 19 heavy (non-hydrogen) atoms. The molecule has 0 unspecified atom stereocenters. The molecular formula is C13H19ClFN3O.